The summed E-state index contributed by atoms with van der Waals surface area (Å²) in [5, 5.41) is 16.3. The molecule has 10 heteroatoms. The molecular weight excluding hydrogens is 504 g/mol. The highest BCUT2D eigenvalue weighted by molar-refractivity contribution is 6.13. The predicted octanol–water partition coefficient (Wildman–Crippen LogP) is 5.38. The average molecular weight is 528 g/mol. The van der Waals surface area contributed by atoms with Gasteiger partial charge in [-0.25, -0.2) is 0 Å². The van der Waals surface area contributed by atoms with Gasteiger partial charge in [0.05, 0.1) is 30.6 Å². The van der Waals surface area contributed by atoms with Gasteiger partial charge in [-0.15, -0.1) is 0 Å². The molecule has 0 fully saturated rings. The molecule has 196 valence electrons. The van der Waals surface area contributed by atoms with Crippen LogP contribution in [-0.4, -0.2) is 35.2 Å². The Morgan fingerprint density at radius 1 is 1.10 bits per heavy atom. The monoisotopic (exact) mass is 527 g/mol. The Morgan fingerprint density at radius 3 is 2.46 bits per heavy atom. The van der Waals surface area contributed by atoms with Gasteiger partial charge < -0.3 is 15.0 Å². The number of nitriles is 1. The number of anilines is 2. The highest BCUT2D eigenvalue weighted by Crippen LogP contribution is 2.37. The maximum Gasteiger partial charge on any atom is 0.298 e. The molecule has 4 aromatic rings. The number of fused-ring (bicyclic) bond motifs is 1. The minimum atomic E-state index is -3.19. The van der Waals surface area contributed by atoms with E-state index in [0.717, 1.165) is 0 Å². The van der Waals surface area contributed by atoms with Crippen LogP contribution in [0, 0.1) is 11.3 Å². The first-order valence-corrected chi connectivity index (χ1v) is 12.1. The largest absolute Gasteiger partial charge is 0.495 e. The summed E-state index contributed by atoms with van der Waals surface area (Å²) in [6.45, 7) is 2.13. The third-order valence-corrected chi connectivity index (χ3v) is 6.62. The Labute approximate surface area is 223 Å². The Kier molecular flexibility index (Phi) is 6.58. The van der Waals surface area contributed by atoms with E-state index in [1.165, 1.54) is 77.5 Å². The van der Waals surface area contributed by atoms with E-state index in [4.69, 9.17) is 4.74 Å². The number of carbonyl (C=O) groups is 2. The van der Waals surface area contributed by atoms with Gasteiger partial charge in [0, 0.05) is 28.9 Å². The van der Waals surface area contributed by atoms with Crippen LogP contribution in [-0.2, 0) is 5.92 Å². The number of carbonyl (C=O) groups excluding carboxylic acids is 2. The summed E-state index contributed by atoms with van der Waals surface area (Å²) >= 11 is 0. The van der Waals surface area contributed by atoms with E-state index in [1.54, 1.807) is 18.2 Å². The van der Waals surface area contributed by atoms with E-state index in [9.17, 15) is 14.9 Å². The van der Waals surface area contributed by atoms with Crippen LogP contribution in [0.2, 0.25) is 0 Å². The first-order chi connectivity index (χ1) is 18.7. The second-order valence-corrected chi connectivity index (χ2v) is 9.08. The summed E-state index contributed by atoms with van der Waals surface area (Å²) in [5.41, 5.74) is 0.887. The summed E-state index contributed by atoms with van der Waals surface area (Å²) in [5.74, 6) is -3.82. The number of amides is 2. The predicted molar refractivity (Wildman–Crippen MR) is 140 cm³/mol. The molecule has 3 aromatic carbocycles. The zero-order valence-corrected chi connectivity index (χ0v) is 21.1. The molecule has 5 rings (SSSR count). The van der Waals surface area contributed by atoms with Crippen molar-refractivity contribution < 1.29 is 23.1 Å². The summed E-state index contributed by atoms with van der Waals surface area (Å²) in [6, 6.07) is 19.3. The summed E-state index contributed by atoms with van der Waals surface area (Å²) in [6.07, 6.45) is 1.39. The molecule has 0 radical (unpaired) electrons. The molecule has 1 aliphatic heterocycles. The Balaban J connectivity index is 1.40. The first kappa shape index (κ1) is 25.6. The first-order valence-electron chi connectivity index (χ1n) is 12.1. The molecule has 1 aliphatic rings. The minimum absolute atomic E-state index is 0.122. The number of rotatable bonds is 6. The van der Waals surface area contributed by atoms with Crippen molar-refractivity contribution >= 4 is 23.2 Å². The van der Waals surface area contributed by atoms with Crippen molar-refractivity contribution in [2.24, 2.45) is 0 Å². The molecule has 0 saturated heterocycles. The lowest BCUT2D eigenvalue weighted by Crippen LogP contribution is -2.43. The van der Waals surface area contributed by atoms with Gasteiger partial charge in [0.2, 0.25) is 0 Å². The fraction of sp³-hybridized carbons (Fsp3) is 0.172. The van der Waals surface area contributed by atoms with Crippen LogP contribution in [0.1, 0.15) is 50.5 Å². The van der Waals surface area contributed by atoms with Gasteiger partial charge >= 0.3 is 0 Å². The fourth-order valence-corrected chi connectivity index (χ4v) is 4.57. The van der Waals surface area contributed by atoms with Crippen LogP contribution in [0.4, 0.5) is 20.2 Å². The quantitative estimate of drug-likeness (QED) is 0.363. The van der Waals surface area contributed by atoms with Crippen molar-refractivity contribution in [2.45, 2.75) is 18.9 Å². The second-order valence-electron chi connectivity index (χ2n) is 9.08. The summed E-state index contributed by atoms with van der Waals surface area (Å²) in [4.78, 5) is 28.0. The molecule has 0 spiro atoms. The molecule has 39 heavy (non-hydrogen) atoms. The van der Waals surface area contributed by atoms with E-state index in [0.29, 0.717) is 11.4 Å². The van der Waals surface area contributed by atoms with Gasteiger partial charge in [0.1, 0.15) is 11.8 Å². The van der Waals surface area contributed by atoms with Gasteiger partial charge in [0.25, 0.3) is 17.7 Å². The molecular formula is C29H23F2N5O3. The van der Waals surface area contributed by atoms with Crippen LogP contribution in [0.5, 0.6) is 5.75 Å². The number of nitrogens with zero attached hydrogens (tertiary/aromatic N) is 4. The minimum Gasteiger partial charge on any atom is -0.495 e. The maximum atomic E-state index is 15.0. The zero-order chi connectivity index (χ0) is 27.7. The number of hydrogen-bond acceptors (Lipinski definition) is 5. The lowest BCUT2D eigenvalue weighted by atomic mass is 10.00. The lowest BCUT2D eigenvalue weighted by Gasteiger charge is -2.32. The van der Waals surface area contributed by atoms with Gasteiger partial charge in [0.15, 0.2) is 5.69 Å². The third kappa shape index (κ3) is 4.59. The van der Waals surface area contributed by atoms with Crippen molar-refractivity contribution in [3.8, 4) is 11.8 Å². The number of alkyl halides is 2. The molecule has 8 nitrogen and oxygen atoms in total. The molecule has 0 saturated carbocycles. The Hall–Kier alpha value is -5.04. The Morgan fingerprint density at radius 2 is 1.79 bits per heavy atom. The number of halogens is 2. The number of aromatic nitrogens is 2. The van der Waals surface area contributed by atoms with Crippen LogP contribution < -0.4 is 15.0 Å². The smallest absolute Gasteiger partial charge is 0.298 e. The van der Waals surface area contributed by atoms with Crippen LogP contribution in [0.3, 0.4) is 0 Å². The number of nitrogens with one attached hydrogen (secondary N) is 1. The topological polar surface area (TPSA) is 100 Å². The van der Waals surface area contributed by atoms with Crippen molar-refractivity contribution in [1.29, 1.82) is 5.26 Å². The maximum absolute atomic E-state index is 15.0. The number of methoxy groups -OCH3 is 1. The van der Waals surface area contributed by atoms with Crippen molar-refractivity contribution in [3.63, 3.8) is 0 Å². The van der Waals surface area contributed by atoms with Crippen LogP contribution in [0.25, 0.3) is 0 Å². The number of hydrogen-bond donors (Lipinski definition) is 1. The number of benzene rings is 3. The van der Waals surface area contributed by atoms with E-state index in [-0.39, 0.29) is 46.2 Å². The van der Waals surface area contributed by atoms with Gasteiger partial charge in [-0.1, -0.05) is 42.5 Å². The van der Waals surface area contributed by atoms with Gasteiger partial charge in [-0.2, -0.15) is 19.1 Å². The SMILES string of the molecule is COc1ccc(C(=O)Nc2cnn3c2C(=O)N(c2ccc(C(F)(F)c4ccccc4)cc2)CC3C)cc1C#N. The molecule has 2 amide bonds. The van der Waals surface area contributed by atoms with Crippen molar-refractivity contribution in [1.82, 2.24) is 9.78 Å². The normalized spacial score (nSPS) is 14.9. The zero-order valence-electron chi connectivity index (χ0n) is 21.1. The second kappa shape index (κ2) is 10.0. The lowest BCUT2D eigenvalue weighted by molar-refractivity contribution is 0.0428. The standard InChI is InChI=1S/C29H23F2N5O3/c1-18-17-35(23-11-9-22(10-12-23)29(30,31)21-6-4-3-5-7-21)28(38)26-24(16-33-36(18)26)34-27(37)19-8-13-25(39-2)20(14-19)15-32/h3-14,16,18H,17H2,1-2H3,(H,34,37). The fourth-order valence-electron chi connectivity index (χ4n) is 4.57. The third-order valence-electron chi connectivity index (χ3n) is 6.62. The molecule has 1 unspecified atom stereocenters. The van der Waals surface area contributed by atoms with E-state index < -0.39 is 17.7 Å². The molecule has 0 aliphatic carbocycles. The van der Waals surface area contributed by atoms with Gasteiger partial charge in [-0.3, -0.25) is 14.3 Å². The summed E-state index contributed by atoms with van der Waals surface area (Å²) < 4.78 is 36.7. The number of ether oxygens (including phenoxy) is 1. The Bertz CT molecular complexity index is 1590. The highest BCUT2D eigenvalue weighted by Gasteiger charge is 2.36. The molecule has 0 bridgehead atoms. The van der Waals surface area contributed by atoms with Crippen LogP contribution >= 0.6 is 0 Å². The van der Waals surface area contributed by atoms with E-state index >= 15 is 8.78 Å². The molecule has 1 atom stereocenters. The highest BCUT2D eigenvalue weighted by atomic mass is 19.3. The van der Waals surface area contributed by atoms with Crippen molar-refractivity contribution in [3.05, 3.63) is 107 Å². The van der Waals surface area contributed by atoms with Crippen LogP contribution in [0.15, 0.2) is 79.0 Å². The molecule has 1 aromatic heterocycles. The summed E-state index contributed by atoms with van der Waals surface area (Å²) in [7, 11) is 1.43. The molecule has 2 heterocycles. The average Bonchev–Trinajstić information content (AvgIpc) is 3.39. The van der Waals surface area contributed by atoms with E-state index in [1.807, 2.05) is 13.0 Å². The van der Waals surface area contributed by atoms with E-state index in [2.05, 4.69) is 10.4 Å². The van der Waals surface area contributed by atoms with Gasteiger partial charge in [-0.05, 0) is 37.3 Å². The molecule has 1 N–H and O–H groups in total. The van der Waals surface area contributed by atoms with Crippen molar-refractivity contribution in [2.75, 3.05) is 23.9 Å².